The molecule has 0 bridgehead atoms. The van der Waals surface area contributed by atoms with Gasteiger partial charge in [0.1, 0.15) is 11.5 Å². The van der Waals surface area contributed by atoms with Gasteiger partial charge in [-0.3, -0.25) is 0 Å². The fourth-order valence-electron chi connectivity index (χ4n) is 7.08. The van der Waals surface area contributed by atoms with Gasteiger partial charge in [0.15, 0.2) is 17.1 Å². The van der Waals surface area contributed by atoms with Crippen LogP contribution in [-0.2, 0) is 17.4 Å². The summed E-state index contributed by atoms with van der Waals surface area (Å²) in [7, 11) is 5.06. The van der Waals surface area contributed by atoms with Gasteiger partial charge in [-0.2, -0.15) is 0 Å². The zero-order chi connectivity index (χ0) is 29.9. The molecule has 4 nitrogen and oxygen atoms in total. The smallest absolute Gasteiger partial charge is 0.178 e. The fourth-order valence-corrected chi connectivity index (χ4v) is 7.08. The van der Waals surface area contributed by atoms with E-state index in [0.717, 1.165) is 45.4 Å². The van der Waals surface area contributed by atoms with Crippen LogP contribution in [0.5, 0.6) is 23.0 Å². The number of ether oxygens (including phenoxy) is 4. The zero-order valence-electron chi connectivity index (χ0n) is 25.6. The molecule has 1 atom stereocenters. The predicted octanol–water partition coefficient (Wildman–Crippen LogP) is 9.08. The summed E-state index contributed by atoms with van der Waals surface area (Å²) in [5.41, 5.74) is 8.55. The van der Waals surface area contributed by atoms with Gasteiger partial charge < -0.3 is 18.9 Å². The molecule has 1 aliphatic carbocycles. The van der Waals surface area contributed by atoms with Crippen molar-refractivity contribution in [3.8, 4) is 34.1 Å². The third-order valence-electron chi connectivity index (χ3n) is 9.33. The van der Waals surface area contributed by atoms with Crippen molar-refractivity contribution in [1.82, 2.24) is 0 Å². The summed E-state index contributed by atoms with van der Waals surface area (Å²) >= 11 is 0. The lowest BCUT2D eigenvalue weighted by Crippen LogP contribution is -2.35. The van der Waals surface area contributed by atoms with Crippen molar-refractivity contribution in [1.29, 1.82) is 0 Å². The van der Waals surface area contributed by atoms with Crippen molar-refractivity contribution in [2.75, 3.05) is 21.3 Å². The topological polar surface area (TPSA) is 36.9 Å². The van der Waals surface area contributed by atoms with Crippen LogP contribution in [0.15, 0.2) is 91.0 Å². The van der Waals surface area contributed by atoms with E-state index in [-0.39, 0.29) is 5.41 Å². The van der Waals surface area contributed by atoms with Gasteiger partial charge in [-0.1, -0.05) is 87.5 Å². The summed E-state index contributed by atoms with van der Waals surface area (Å²) in [6.45, 7) is 6.88. The van der Waals surface area contributed by atoms with Crippen molar-refractivity contribution in [3.63, 3.8) is 0 Å². The minimum atomic E-state index is -0.847. The highest BCUT2D eigenvalue weighted by molar-refractivity contribution is 6.09. The van der Waals surface area contributed by atoms with Crippen LogP contribution in [-0.4, -0.2) is 21.3 Å². The Bertz CT molecular complexity index is 1900. The average Bonchev–Trinajstić information content (AvgIpc) is 3.30. The van der Waals surface area contributed by atoms with Crippen molar-refractivity contribution >= 4 is 16.8 Å². The Morgan fingerprint density at radius 1 is 0.721 bits per heavy atom. The third kappa shape index (κ3) is 3.89. The van der Waals surface area contributed by atoms with Crippen molar-refractivity contribution in [3.05, 3.63) is 124 Å². The van der Waals surface area contributed by atoms with E-state index in [1.807, 2.05) is 18.2 Å². The van der Waals surface area contributed by atoms with Gasteiger partial charge in [-0.15, -0.1) is 0 Å². The first-order valence-corrected chi connectivity index (χ1v) is 14.8. The maximum absolute atomic E-state index is 7.39. The molecule has 0 amide bonds. The highest BCUT2D eigenvalue weighted by Gasteiger charge is 2.44. The SMILES string of the molecule is CCc1ccc2c(c1)C(C)(C)c1c3c(c4cc(OC)c(OC)cc4c1-2)OC(c1ccccc1)(c1ccc(OC)cc1)C=C3. The van der Waals surface area contributed by atoms with Gasteiger partial charge in [0, 0.05) is 27.5 Å². The van der Waals surface area contributed by atoms with Crippen LogP contribution >= 0.6 is 0 Å². The summed E-state index contributed by atoms with van der Waals surface area (Å²) in [5, 5.41) is 2.09. The molecule has 0 saturated carbocycles. The summed E-state index contributed by atoms with van der Waals surface area (Å²) in [6, 6.07) is 29.7. The number of aryl methyl sites for hydroxylation is 1. The number of fused-ring (bicyclic) bond motifs is 8. The average molecular weight is 569 g/mol. The molecule has 7 rings (SSSR count). The Morgan fingerprint density at radius 2 is 1.40 bits per heavy atom. The first-order valence-electron chi connectivity index (χ1n) is 14.8. The van der Waals surface area contributed by atoms with Crippen molar-refractivity contribution in [2.24, 2.45) is 0 Å². The van der Waals surface area contributed by atoms with Gasteiger partial charge in [0.25, 0.3) is 0 Å². The normalized spacial score (nSPS) is 17.5. The molecule has 43 heavy (non-hydrogen) atoms. The van der Waals surface area contributed by atoms with E-state index in [2.05, 4.69) is 99.7 Å². The lowest BCUT2D eigenvalue weighted by molar-refractivity contribution is 0.163. The lowest BCUT2D eigenvalue weighted by Gasteiger charge is -2.38. The Balaban J connectivity index is 1.58. The monoisotopic (exact) mass is 568 g/mol. The first kappa shape index (κ1) is 27.2. The number of hydrogen-bond donors (Lipinski definition) is 0. The van der Waals surface area contributed by atoms with E-state index >= 15 is 0 Å². The maximum Gasteiger partial charge on any atom is 0.178 e. The zero-order valence-corrected chi connectivity index (χ0v) is 25.6. The second-order valence-corrected chi connectivity index (χ2v) is 11.9. The molecular weight excluding hydrogens is 532 g/mol. The molecule has 0 spiro atoms. The Kier molecular flexibility index (Phi) is 6.28. The predicted molar refractivity (Wildman–Crippen MR) is 174 cm³/mol. The van der Waals surface area contributed by atoms with E-state index in [0.29, 0.717) is 11.5 Å². The molecule has 4 heteroatoms. The maximum atomic E-state index is 7.39. The molecule has 1 aliphatic heterocycles. The Hall–Kier alpha value is -4.70. The quantitative estimate of drug-likeness (QED) is 0.205. The minimum Gasteiger partial charge on any atom is -0.497 e. The minimum absolute atomic E-state index is 0.234. The molecule has 1 heterocycles. The summed E-state index contributed by atoms with van der Waals surface area (Å²) in [4.78, 5) is 0. The van der Waals surface area contributed by atoms with E-state index < -0.39 is 5.60 Å². The van der Waals surface area contributed by atoms with Gasteiger partial charge in [0.2, 0.25) is 0 Å². The van der Waals surface area contributed by atoms with Gasteiger partial charge in [0.05, 0.1) is 21.3 Å². The number of methoxy groups -OCH3 is 3. The highest BCUT2D eigenvalue weighted by Crippen LogP contribution is 2.59. The Labute approximate surface area is 253 Å². The standard InChI is InChI=1S/C39H36O4/c1-7-24-13-18-28-32(21-24)38(2,3)36-29-19-20-39(25-11-9-8-10-12-25,26-14-16-27(40-4)17-15-26)43-37(29)31-23-34(42-6)33(41-5)22-30(31)35(28)36/h8-23H,7H2,1-6H3. The molecule has 0 N–H and O–H groups in total. The van der Waals surface area contributed by atoms with Crippen molar-refractivity contribution < 1.29 is 18.9 Å². The van der Waals surface area contributed by atoms with E-state index in [4.69, 9.17) is 18.9 Å². The lowest BCUT2D eigenvalue weighted by atomic mass is 9.76. The van der Waals surface area contributed by atoms with E-state index in [9.17, 15) is 0 Å². The first-order chi connectivity index (χ1) is 20.9. The molecular formula is C39H36O4. The molecule has 0 saturated heterocycles. The second kappa shape index (κ2) is 9.95. The number of rotatable bonds is 6. The van der Waals surface area contributed by atoms with Crippen LogP contribution in [0.3, 0.4) is 0 Å². The van der Waals surface area contributed by atoms with Crippen LogP contribution in [0.25, 0.3) is 28.0 Å². The number of benzene rings is 5. The van der Waals surface area contributed by atoms with Crippen molar-refractivity contribution in [2.45, 2.75) is 38.2 Å². The summed E-state index contributed by atoms with van der Waals surface area (Å²) in [6.07, 6.45) is 5.49. The molecule has 5 aromatic rings. The molecule has 5 aromatic carbocycles. The third-order valence-corrected chi connectivity index (χ3v) is 9.33. The summed E-state index contributed by atoms with van der Waals surface area (Å²) in [5.74, 6) is 3.01. The molecule has 0 fully saturated rings. The van der Waals surface area contributed by atoms with Gasteiger partial charge >= 0.3 is 0 Å². The van der Waals surface area contributed by atoms with Crippen LogP contribution in [0.4, 0.5) is 0 Å². The summed E-state index contributed by atoms with van der Waals surface area (Å²) < 4.78 is 24.5. The number of hydrogen-bond acceptors (Lipinski definition) is 4. The molecule has 1 unspecified atom stereocenters. The van der Waals surface area contributed by atoms with E-state index in [1.54, 1.807) is 21.3 Å². The molecule has 0 aromatic heterocycles. The van der Waals surface area contributed by atoms with Crippen LogP contribution in [0, 0.1) is 0 Å². The van der Waals surface area contributed by atoms with Gasteiger partial charge in [-0.25, -0.2) is 0 Å². The highest BCUT2D eigenvalue weighted by atomic mass is 16.5. The largest absolute Gasteiger partial charge is 0.497 e. The second-order valence-electron chi connectivity index (χ2n) is 11.9. The van der Waals surface area contributed by atoms with Crippen LogP contribution < -0.4 is 18.9 Å². The Morgan fingerprint density at radius 3 is 2.05 bits per heavy atom. The molecule has 0 radical (unpaired) electrons. The van der Waals surface area contributed by atoms with Gasteiger partial charge in [-0.05, 0) is 70.0 Å². The van der Waals surface area contributed by atoms with E-state index in [1.165, 1.54) is 27.8 Å². The molecule has 216 valence electrons. The fraction of sp³-hybridized carbons (Fsp3) is 0.231. The van der Waals surface area contributed by atoms with Crippen LogP contribution in [0.1, 0.15) is 54.2 Å². The molecule has 2 aliphatic rings. The van der Waals surface area contributed by atoms with Crippen LogP contribution in [0.2, 0.25) is 0 Å².